The van der Waals surface area contributed by atoms with Gasteiger partial charge >= 0.3 is 0 Å². The van der Waals surface area contributed by atoms with Crippen LogP contribution >= 0.6 is 11.6 Å². The molecule has 0 aliphatic heterocycles. The van der Waals surface area contributed by atoms with Crippen LogP contribution in [-0.4, -0.2) is 15.0 Å². The lowest BCUT2D eigenvalue weighted by molar-refractivity contribution is 1.09. The molecule has 116 valence electrons. The molecule has 2 heterocycles. The Balaban J connectivity index is 1.76. The van der Waals surface area contributed by atoms with E-state index in [0.717, 1.165) is 11.3 Å². The molecule has 0 radical (unpaired) electrons. The summed E-state index contributed by atoms with van der Waals surface area (Å²) in [6.45, 7) is 0.523. The second-order valence-electron chi connectivity index (χ2n) is 4.79. The van der Waals surface area contributed by atoms with Gasteiger partial charge in [0.1, 0.15) is 12.0 Å². The van der Waals surface area contributed by atoms with Gasteiger partial charge in [0.05, 0.1) is 0 Å². The first-order valence-electron chi connectivity index (χ1n) is 6.99. The van der Waals surface area contributed by atoms with Gasteiger partial charge in [-0.15, -0.1) is 0 Å². The molecule has 3 aromatic rings. The fraction of sp³-hybridized carbons (Fsp3) is 0.0625. The zero-order chi connectivity index (χ0) is 16.1. The van der Waals surface area contributed by atoms with Gasteiger partial charge in [-0.3, -0.25) is 4.98 Å². The van der Waals surface area contributed by atoms with Crippen LogP contribution in [0.5, 0.6) is 0 Å². The van der Waals surface area contributed by atoms with E-state index in [1.54, 1.807) is 12.4 Å². The van der Waals surface area contributed by atoms with E-state index in [0.29, 0.717) is 28.9 Å². The highest BCUT2D eigenvalue weighted by atomic mass is 35.5. The first kappa shape index (κ1) is 15.1. The molecule has 0 unspecified atom stereocenters. The number of hydrogen-bond acceptors (Lipinski definition) is 6. The maximum absolute atomic E-state index is 6.15. The van der Waals surface area contributed by atoms with Crippen LogP contribution in [0.25, 0.3) is 0 Å². The van der Waals surface area contributed by atoms with E-state index in [9.17, 15) is 0 Å². The highest BCUT2D eigenvalue weighted by molar-refractivity contribution is 6.31. The highest BCUT2D eigenvalue weighted by Gasteiger charge is 2.09. The third-order valence-corrected chi connectivity index (χ3v) is 3.60. The Kier molecular flexibility index (Phi) is 4.54. The van der Waals surface area contributed by atoms with Gasteiger partial charge in [0.2, 0.25) is 0 Å². The molecule has 0 saturated heterocycles. The van der Waals surface area contributed by atoms with Crippen molar-refractivity contribution in [3.05, 3.63) is 65.7 Å². The van der Waals surface area contributed by atoms with Gasteiger partial charge in [-0.25, -0.2) is 9.97 Å². The molecule has 0 bridgehead atoms. The van der Waals surface area contributed by atoms with Gasteiger partial charge in [-0.1, -0.05) is 29.8 Å². The third-order valence-electron chi connectivity index (χ3n) is 3.23. The zero-order valence-corrected chi connectivity index (χ0v) is 13.0. The maximum Gasteiger partial charge on any atom is 0.159 e. The molecule has 7 heteroatoms. The van der Waals surface area contributed by atoms with Gasteiger partial charge in [0.15, 0.2) is 11.6 Å². The molecule has 3 rings (SSSR count). The SMILES string of the molecule is Nc1c(NCc2ccccc2Cl)ncnc1Nc1ccncc1. The number of halogens is 1. The normalized spacial score (nSPS) is 10.3. The van der Waals surface area contributed by atoms with E-state index < -0.39 is 0 Å². The topological polar surface area (TPSA) is 88.8 Å². The third kappa shape index (κ3) is 3.67. The number of pyridine rings is 1. The molecule has 0 spiro atoms. The number of nitrogens with one attached hydrogen (secondary N) is 2. The fourth-order valence-electron chi connectivity index (χ4n) is 2.03. The predicted octanol–water partition coefficient (Wildman–Crippen LogP) is 3.46. The second kappa shape index (κ2) is 6.93. The lowest BCUT2D eigenvalue weighted by Crippen LogP contribution is -2.08. The van der Waals surface area contributed by atoms with Gasteiger partial charge in [-0.05, 0) is 23.8 Å². The standard InChI is InChI=1S/C16H15ClN6/c17-13-4-2-1-3-11(13)9-20-15-14(18)16(22-10-21-15)23-12-5-7-19-8-6-12/h1-8,10H,9,18H2,(H2,19,20,21,22,23). The van der Waals surface area contributed by atoms with Crippen molar-refractivity contribution in [1.29, 1.82) is 0 Å². The van der Waals surface area contributed by atoms with Crippen LogP contribution in [0, 0.1) is 0 Å². The molecule has 23 heavy (non-hydrogen) atoms. The molecule has 6 nitrogen and oxygen atoms in total. The number of rotatable bonds is 5. The summed E-state index contributed by atoms with van der Waals surface area (Å²) in [5.74, 6) is 1.09. The van der Waals surface area contributed by atoms with Crippen molar-refractivity contribution < 1.29 is 0 Å². The smallest absolute Gasteiger partial charge is 0.159 e. The Hall–Kier alpha value is -2.86. The second-order valence-corrected chi connectivity index (χ2v) is 5.20. The summed E-state index contributed by atoms with van der Waals surface area (Å²) < 4.78 is 0. The lowest BCUT2D eigenvalue weighted by atomic mass is 10.2. The van der Waals surface area contributed by atoms with Crippen molar-refractivity contribution >= 4 is 34.6 Å². The quantitative estimate of drug-likeness (QED) is 0.665. The molecule has 2 aromatic heterocycles. The van der Waals surface area contributed by atoms with Crippen molar-refractivity contribution in [3.8, 4) is 0 Å². The summed E-state index contributed by atoms with van der Waals surface area (Å²) in [7, 11) is 0. The summed E-state index contributed by atoms with van der Waals surface area (Å²) in [6, 6.07) is 11.3. The number of nitrogens with two attached hydrogens (primary N) is 1. The van der Waals surface area contributed by atoms with Crippen LogP contribution in [0.15, 0.2) is 55.1 Å². The van der Waals surface area contributed by atoms with Crippen LogP contribution in [0.1, 0.15) is 5.56 Å². The maximum atomic E-state index is 6.15. The number of aromatic nitrogens is 3. The van der Waals surface area contributed by atoms with Crippen molar-refractivity contribution in [3.63, 3.8) is 0 Å². The predicted molar refractivity (Wildman–Crippen MR) is 92.7 cm³/mol. The molecule has 0 aliphatic rings. The Morgan fingerprint density at radius 3 is 2.52 bits per heavy atom. The van der Waals surface area contributed by atoms with Crippen LogP contribution in [0.2, 0.25) is 5.02 Å². The van der Waals surface area contributed by atoms with Gasteiger partial charge in [-0.2, -0.15) is 0 Å². The van der Waals surface area contributed by atoms with E-state index in [1.807, 2.05) is 36.4 Å². The van der Waals surface area contributed by atoms with E-state index in [-0.39, 0.29) is 0 Å². The van der Waals surface area contributed by atoms with Gasteiger partial charge in [0.25, 0.3) is 0 Å². The summed E-state index contributed by atoms with van der Waals surface area (Å²) in [5.41, 5.74) is 8.39. The molecular formula is C16H15ClN6. The number of nitrogens with zero attached hydrogens (tertiary/aromatic N) is 3. The van der Waals surface area contributed by atoms with Crippen LogP contribution in [-0.2, 0) is 6.54 Å². The minimum atomic E-state index is 0.441. The minimum absolute atomic E-state index is 0.441. The molecule has 0 aliphatic carbocycles. The Labute approximate surface area is 138 Å². The first-order chi connectivity index (χ1) is 11.2. The van der Waals surface area contributed by atoms with Crippen LogP contribution < -0.4 is 16.4 Å². The molecule has 1 aromatic carbocycles. The Bertz CT molecular complexity index is 794. The van der Waals surface area contributed by atoms with Gasteiger partial charge in [0, 0.05) is 29.6 Å². The average Bonchev–Trinajstić information content (AvgIpc) is 2.58. The molecule has 0 atom stereocenters. The number of benzene rings is 1. The van der Waals surface area contributed by atoms with Crippen molar-refractivity contribution in [2.45, 2.75) is 6.54 Å². The number of nitrogen functional groups attached to an aromatic ring is 1. The first-order valence-corrected chi connectivity index (χ1v) is 7.36. The van der Waals surface area contributed by atoms with E-state index in [2.05, 4.69) is 25.6 Å². The summed E-state index contributed by atoms with van der Waals surface area (Å²) in [5, 5.41) is 7.02. The Morgan fingerprint density at radius 2 is 1.74 bits per heavy atom. The minimum Gasteiger partial charge on any atom is -0.393 e. The summed E-state index contributed by atoms with van der Waals surface area (Å²) in [4.78, 5) is 12.3. The average molecular weight is 327 g/mol. The molecule has 4 N–H and O–H groups in total. The lowest BCUT2D eigenvalue weighted by Gasteiger charge is -2.13. The van der Waals surface area contributed by atoms with E-state index in [4.69, 9.17) is 17.3 Å². The van der Waals surface area contributed by atoms with Crippen molar-refractivity contribution in [2.75, 3.05) is 16.4 Å². The molecule has 0 amide bonds. The van der Waals surface area contributed by atoms with Crippen LogP contribution in [0.3, 0.4) is 0 Å². The number of anilines is 4. The number of hydrogen-bond donors (Lipinski definition) is 3. The van der Waals surface area contributed by atoms with Crippen LogP contribution in [0.4, 0.5) is 23.0 Å². The summed E-state index contributed by atoms with van der Waals surface area (Å²) in [6.07, 6.45) is 4.83. The fourth-order valence-corrected chi connectivity index (χ4v) is 2.23. The molecule has 0 fully saturated rings. The van der Waals surface area contributed by atoms with Crippen molar-refractivity contribution in [1.82, 2.24) is 15.0 Å². The molecular weight excluding hydrogens is 312 g/mol. The zero-order valence-electron chi connectivity index (χ0n) is 12.2. The largest absolute Gasteiger partial charge is 0.393 e. The van der Waals surface area contributed by atoms with E-state index in [1.165, 1.54) is 6.33 Å². The Morgan fingerprint density at radius 1 is 1.00 bits per heavy atom. The van der Waals surface area contributed by atoms with Crippen molar-refractivity contribution in [2.24, 2.45) is 0 Å². The molecule has 0 saturated carbocycles. The summed E-state index contributed by atoms with van der Waals surface area (Å²) >= 11 is 6.15. The highest BCUT2D eigenvalue weighted by Crippen LogP contribution is 2.26. The van der Waals surface area contributed by atoms with Gasteiger partial charge < -0.3 is 16.4 Å². The monoisotopic (exact) mass is 326 g/mol. The van der Waals surface area contributed by atoms with E-state index >= 15 is 0 Å².